The smallest absolute Gasteiger partial charge is 0.416 e. The molecule has 1 aromatic rings. The number of rotatable bonds is 6. The third kappa shape index (κ3) is 5.45. The fourth-order valence-corrected chi connectivity index (χ4v) is 1.95. The highest BCUT2D eigenvalue weighted by Crippen LogP contribution is 2.35. The molecule has 1 rings (SSSR count). The van der Waals surface area contributed by atoms with Crippen molar-refractivity contribution in [2.75, 3.05) is 6.54 Å². The molecule has 1 aromatic carbocycles. The summed E-state index contributed by atoms with van der Waals surface area (Å²) in [5, 5.41) is 10.8. The highest BCUT2D eigenvalue weighted by molar-refractivity contribution is 5.77. The summed E-state index contributed by atoms with van der Waals surface area (Å²) in [6.45, 7) is 1.49. The van der Waals surface area contributed by atoms with Crippen molar-refractivity contribution < 1.29 is 27.9 Å². The van der Waals surface area contributed by atoms with E-state index in [2.05, 4.69) is 5.32 Å². The predicted octanol–water partition coefficient (Wildman–Crippen LogP) is 2.79. The first-order valence-electron chi connectivity index (χ1n) is 6.36. The lowest BCUT2D eigenvalue weighted by Gasteiger charge is -2.18. The molecule has 1 amide bonds. The maximum Gasteiger partial charge on any atom is 0.416 e. The first-order valence-corrected chi connectivity index (χ1v) is 6.36. The molecule has 116 valence electrons. The maximum absolute atomic E-state index is 12.9. The number of alkyl halides is 3. The molecular formula is C14H16F3NO3. The molecule has 0 aromatic heterocycles. The number of carbonyl (C=O) groups is 2. The fourth-order valence-electron chi connectivity index (χ4n) is 1.95. The van der Waals surface area contributed by atoms with E-state index in [1.165, 1.54) is 25.1 Å². The molecule has 0 radical (unpaired) electrons. The van der Waals surface area contributed by atoms with Crippen molar-refractivity contribution >= 4 is 11.9 Å². The molecule has 0 aliphatic carbocycles. The summed E-state index contributed by atoms with van der Waals surface area (Å²) in [4.78, 5) is 21.9. The molecule has 0 aliphatic heterocycles. The third-order valence-corrected chi connectivity index (χ3v) is 2.95. The van der Waals surface area contributed by atoms with Gasteiger partial charge in [-0.05, 0) is 17.5 Å². The number of carbonyl (C=O) groups excluding carboxylic acids is 1. The van der Waals surface area contributed by atoms with Gasteiger partial charge in [0.2, 0.25) is 5.91 Å². The second-order valence-corrected chi connectivity index (χ2v) is 4.68. The molecule has 0 saturated heterocycles. The number of amides is 1. The first-order chi connectivity index (χ1) is 9.71. The fraction of sp³-hybridized carbons (Fsp3) is 0.429. The first kappa shape index (κ1) is 17.0. The van der Waals surface area contributed by atoms with Crippen LogP contribution in [0, 0.1) is 0 Å². The zero-order valence-electron chi connectivity index (χ0n) is 11.4. The molecular weight excluding hydrogens is 287 g/mol. The van der Waals surface area contributed by atoms with Crippen molar-refractivity contribution in [2.45, 2.75) is 31.9 Å². The zero-order valence-corrected chi connectivity index (χ0v) is 11.4. The number of hydrogen-bond donors (Lipinski definition) is 2. The van der Waals surface area contributed by atoms with Gasteiger partial charge in [-0.1, -0.05) is 25.1 Å². The largest absolute Gasteiger partial charge is 0.481 e. The second kappa shape index (κ2) is 7.10. The van der Waals surface area contributed by atoms with Gasteiger partial charge in [0, 0.05) is 13.0 Å². The SMILES string of the molecule is CC(CC(=O)NCCC(=O)O)c1ccccc1C(F)(F)F. The number of hydrogen-bond acceptors (Lipinski definition) is 2. The summed E-state index contributed by atoms with van der Waals surface area (Å²) in [7, 11) is 0. The van der Waals surface area contributed by atoms with Crippen LogP contribution in [0.15, 0.2) is 24.3 Å². The average molecular weight is 303 g/mol. The monoisotopic (exact) mass is 303 g/mol. The Labute approximate surface area is 120 Å². The van der Waals surface area contributed by atoms with Gasteiger partial charge in [-0.25, -0.2) is 0 Å². The molecule has 0 spiro atoms. The molecule has 1 atom stereocenters. The number of benzene rings is 1. The molecule has 0 bridgehead atoms. The minimum atomic E-state index is -4.47. The Balaban J connectivity index is 2.70. The minimum absolute atomic E-state index is 0.0399. The van der Waals surface area contributed by atoms with Crippen LogP contribution >= 0.6 is 0 Å². The van der Waals surface area contributed by atoms with E-state index in [-0.39, 0.29) is 24.9 Å². The van der Waals surface area contributed by atoms with Crippen molar-refractivity contribution in [1.82, 2.24) is 5.32 Å². The van der Waals surface area contributed by atoms with E-state index in [0.717, 1.165) is 6.07 Å². The normalized spacial score (nSPS) is 12.8. The van der Waals surface area contributed by atoms with E-state index in [9.17, 15) is 22.8 Å². The van der Waals surface area contributed by atoms with Crippen molar-refractivity contribution in [3.8, 4) is 0 Å². The van der Waals surface area contributed by atoms with Crippen molar-refractivity contribution in [2.24, 2.45) is 0 Å². The number of carboxylic acid groups (broad SMARTS) is 1. The number of aliphatic carboxylic acids is 1. The van der Waals surface area contributed by atoms with Crippen LogP contribution in [-0.4, -0.2) is 23.5 Å². The summed E-state index contributed by atoms with van der Waals surface area (Å²) in [6, 6.07) is 5.11. The molecule has 0 heterocycles. The Morgan fingerprint density at radius 2 is 1.90 bits per heavy atom. The van der Waals surface area contributed by atoms with E-state index in [1.807, 2.05) is 0 Å². The van der Waals surface area contributed by atoms with Gasteiger partial charge in [-0.2, -0.15) is 13.2 Å². The van der Waals surface area contributed by atoms with Crippen LogP contribution in [0.1, 0.15) is 36.8 Å². The minimum Gasteiger partial charge on any atom is -0.481 e. The number of carboxylic acids is 1. The molecule has 0 fully saturated rings. The summed E-state index contributed by atoms with van der Waals surface area (Å²) in [5.41, 5.74) is -0.700. The van der Waals surface area contributed by atoms with E-state index >= 15 is 0 Å². The lowest BCUT2D eigenvalue weighted by atomic mass is 9.92. The van der Waals surface area contributed by atoms with E-state index < -0.39 is 29.5 Å². The molecule has 4 nitrogen and oxygen atoms in total. The average Bonchev–Trinajstić information content (AvgIpc) is 2.37. The van der Waals surface area contributed by atoms with Crippen molar-refractivity contribution in [3.05, 3.63) is 35.4 Å². The molecule has 7 heteroatoms. The van der Waals surface area contributed by atoms with Crippen LogP contribution in [0.3, 0.4) is 0 Å². The summed E-state index contributed by atoms with van der Waals surface area (Å²) < 4.78 is 38.6. The van der Waals surface area contributed by atoms with Crippen LogP contribution in [-0.2, 0) is 15.8 Å². The van der Waals surface area contributed by atoms with E-state index in [1.54, 1.807) is 0 Å². The zero-order chi connectivity index (χ0) is 16.0. The van der Waals surface area contributed by atoms with Crippen LogP contribution in [0.4, 0.5) is 13.2 Å². The van der Waals surface area contributed by atoms with Gasteiger partial charge >= 0.3 is 12.1 Å². The van der Waals surface area contributed by atoms with Gasteiger partial charge < -0.3 is 10.4 Å². The highest BCUT2D eigenvalue weighted by Gasteiger charge is 2.34. The van der Waals surface area contributed by atoms with Gasteiger partial charge in [-0.3, -0.25) is 9.59 Å². The Kier molecular flexibility index (Phi) is 5.75. The molecule has 1 unspecified atom stereocenters. The summed E-state index contributed by atoms with van der Waals surface area (Å²) >= 11 is 0. The number of nitrogens with one attached hydrogen (secondary N) is 1. The van der Waals surface area contributed by atoms with Crippen LogP contribution < -0.4 is 5.32 Å². The van der Waals surface area contributed by atoms with Crippen molar-refractivity contribution in [3.63, 3.8) is 0 Å². The summed E-state index contributed by atoms with van der Waals surface area (Å²) in [5.74, 6) is -2.14. The van der Waals surface area contributed by atoms with Gasteiger partial charge in [0.25, 0.3) is 0 Å². The lowest BCUT2D eigenvalue weighted by Crippen LogP contribution is -2.27. The lowest BCUT2D eigenvalue weighted by molar-refractivity contribution is -0.139. The van der Waals surface area contributed by atoms with Gasteiger partial charge in [0.05, 0.1) is 12.0 Å². The van der Waals surface area contributed by atoms with Crippen LogP contribution in [0.2, 0.25) is 0 Å². The highest BCUT2D eigenvalue weighted by atomic mass is 19.4. The number of halogens is 3. The third-order valence-electron chi connectivity index (χ3n) is 2.95. The Morgan fingerprint density at radius 1 is 1.29 bits per heavy atom. The maximum atomic E-state index is 12.9. The molecule has 0 saturated carbocycles. The predicted molar refractivity (Wildman–Crippen MR) is 69.7 cm³/mol. The second-order valence-electron chi connectivity index (χ2n) is 4.68. The van der Waals surface area contributed by atoms with E-state index in [4.69, 9.17) is 5.11 Å². The van der Waals surface area contributed by atoms with Crippen molar-refractivity contribution in [1.29, 1.82) is 0 Å². The van der Waals surface area contributed by atoms with Gasteiger partial charge in [-0.15, -0.1) is 0 Å². The molecule has 21 heavy (non-hydrogen) atoms. The van der Waals surface area contributed by atoms with Crippen LogP contribution in [0.5, 0.6) is 0 Å². The van der Waals surface area contributed by atoms with Gasteiger partial charge in [0.15, 0.2) is 0 Å². The standard InChI is InChI=1S/C14H16F3NO3/c1-9(8-12(19)18-7-6-13(20)21)10-4-2-3-5-11(10)14(15,16)17/h2-5,9H,6-8H2,1H3,(H,18,19)(H,20,21). The van der Waals surface area contributed by atoms with E-state index in [0.29, 0.717) is 0 Å². The Hall–Kier alpha value is -2.05. The Morgan fingerprint density at radius 3 is 2.48 bits per heavy atom. The Bertz CT molecular complexity index is 514. The molecule has 0 aliphatic rings. The molecule has 2 N–H and O–H groups in total. The summed E-state index contributed by atoms with van der Waals surface area (Å²) in [6.07, 6.45) is -4.82. The van der Waals surface area contributed by atoms with Crippen LogP contribution in [0.25, 0.3) is 0 Å². The quantitative estimate of drug-likeness (QED) is 0.849. The van der Waals surface area contributed by atoms with Gasteiger partial charge in [0.1, 0.15) is 0 Å². The topological polar surface area (TPSA) is 66.4 Å².